The Balaban J connectivity index is 2.74. The monoisotopic (exact) mass is 240 g/mol. The van der Waals surface area contributed by atoms with E-state index in [1.807, 2.05) is 0 Å². The molecule has 0 bridgehead atoms. The van der Waals surface area contributed by atoms with Crippen LogP contribution >= 0.6 is 0 Å². The standard InChI is InChI=1S/C10H12N2O5/c1-5-2-3-17-8(5)9(14)12-6(10(15)16)4-7(11)13/h2-3,6H,4H2,1H3,(H2,11,13)(H,12,14)(H,15,16). The second-order valence-corrected chi connectivity index (χ2v) is 3.47. The number of carbonyl (C=O) groups is 3. The van der Waals surface area contributed by atoms with Crippen LogP contribution in [0.5, 0.6) is 0 Å². The molecule has 0 fully saturated rings. The predicted octanol–water partition coefficient (Wildman–Crippen LogP) is -0.354. The van der Waals surface area contributed by atoms with Crippen molar-refractivity contribution in [3.63, 3.8) is 0 Å². The summed E-state index contributed by atoms with van der Waals surface area (Å²) >= 11 is 0. The van der Waals surface area contributed by atoms with Crippen LogP contribution in [0.15, 0.2) is 16.7 Å². The van der Waals surface area contributed by atoms with Crippen molar-refractivity contribution in [3.05, 3.63) is 23.7 Å². The van der Waals surface area contributed by atoms with Gasteiger partial charge in [-0.15, -0.1) is 0 Å². The molecule has 0 aliphatic heterocycles. The highest BCUT2D eigenvalue weighted by Crippen LogP contribution is 2.08. The highest BCUT2D eigenvalue weighted by molar-refractivity contribution is 5.96. The van der Waals surface area contributed by atoms with Gasteiger partial charge in [-0.05, 0) is 13.0 Å². The van der Waals surface area contributed by atoms with Crippen LogP contribution < -0.4 is 11.1 Å². The molecule has 0 aromatic carbocycles. The van der Waals surface area contributed by atoms with Crippen molar-refractivity contribution in [1.82, 2.24) is 5.32 Å². The lowest BCUT2D eigenvalue weighted by Crippen LogP contribution is -2.43. The molecule has 7 heteroatoms. The first-order valence-electron chi connectivity index (χ1n) is 4.78. The lowest BCUT2D eigenvalue weighted by molar-refractivity contribution is -0.140. The number of hydrogen-bond acceptors (Lipinski definition) is 4. The van der Waals surface area contributed by atoms with Crippen molar-refractivity contribution >= 4 is 17.8 Å². The van der Waals surface area contributed by atoms with Gasteiger partial charge >= 0.3 is 5.97 Å². The Morgan fingerprint density at radius 2 is 2.18 bits per heavy atom. The molecule has 0 radical (unpaired) electrons. The van der Waals surface area contributed by atoms with E-state index in [9.17, 15) is 14.4 Å². The SMILES string of the molecule is Cc1ccoc1C(=O)NC(CC(N)=O)C(=O)O. The van der Waals surface area contributed by atoms with Crippen molar-refractivity contribution in [3.8, 4) is 0 Å². The third-order valence-electron chi connectivity index (χ3n) is 2.08. The first-order valence-corrected chi connectivity index (χ1v) is 4.78. The Hall–Kier alpha value is -2.31. The van der Waals surface area contributed by atoms with Gasteiger partial charge in [-0.1, -0.05) is 0 Å². The number of hydrogen-bond donors (Lipinski definition) is 3. The number of carbonyl (C=O) groups excluding carboxylic acids is 2. The molecule has 1 aromatic rings. The van der Waals surface area contributed by atoms with Crippen LogP contribution in [-0.2, 0) is 9.59 Å². The molecule has 0 spiro atoms. The number of carboxylic acid groups (broad SMARTS) is 1. The van der Waals surface area contributed by atoms with Gasteiger partial charge in [0.05, 0.1) is 12.7 Å². The second-order valence-electron chi connectivity index (χ2n) is 3.47. The molecule has 0 aliphatic carbocycles. The maximum Gasteiger partial charge on any atom is 0.326 e. The van der Waals surface area contributed by atoms with Gasteiger partial charge in [-0.2, -0.15) is 0 Å². The number of carboxylic acids is 1. The lowest BCUT2D eigenvalue weighted by Gasteiger charge is -2.11. The summed E-state index contributed by atoms with van der Waals surface area (Å²) in [5.74, 6) is -2.82. The van der Waals surface area contributed by atoms with E-state index in [1.54, 1.807) is 13.0 Å². The van der Waals surface area contributed by atoms with Crippen molar-refractivity contribution in [2.24, 2.45) is 5.73 Å². The fourth-order valence-electron chi connectivity index (χ4n) is 1.23. The van der Waals surface area contributed by atoms with Crippen molar-refractivity contribution in [2.75, 3.05) is 0 Å². The molecule has 1 heterocycles. The van der Waals surface area contributed by atoms with Gasteiger partial charge < -0.3 is 20.6 Å². The fraction of sp³-hybridized carbons (Fsp3) is 0.300. The number of aliphatic carboxylic acids is 1. The van der Waals surface area contributed by atoms with E-state index < -0.39 is 30.2 Å². The van der Waals surface area contributed by atoms with E-state index in [-0.39, 0.29) is 5.76 Å². The number of aryl methyl sites for hydroxylation is 1. The maximum absolute atomic E-state index is 11.6. The minimum atomic E-state index is -1.36. The first kappa shape index (κ1) is 12.8. The minimum absolute atomic E-state index is 0.0146. The Kier molecular flexibility index (Phi) is 3.86. The van der Waals surface area contributed by atoms with Gasteiger partial charge in [-0.25, -0.2) is 4.79 Å². The quantitative estimate of drug-likeness (QED) is 0.649. The summed E-state index contributed by atoms with van der Waals surface area (Å²) in [6, 6.07) is 0.211. The second kappa shape index (κ2) is 5.15. The molecule has 1 atom stereocenters. The van der Waals surface area contributed by atoms with Gasteiger partial charge in [-0.3, -0.25) is 9.59 Å². The van der Waals surface area contributed by atoms with Crippen LogP contribution in [0.25, 0.3) is 0 Å². The molecule has 0 aliphatic rings. The number of primary amides is 1. The molecular weight excluding hydrogens is 228 g/mol. The summed E-state index contributed by atoms with van der Waals surface area (Å²) in [6.45, 7) is 1.64. The third kappa shape index (κ3) is 3.33. The van der Waals surface area contributed by atoms with Gasteiger partial charge in [0, 0.05) is 5.56 Å². The van der Waals surface area contributed by atoms with Crippen LogP contribution in [0, 0.1) is 6.92 Å². The van der Waals surface area contributed by atoms with Gasteiger partial charge in [0.25, 0.3) is 5.91 Å². The minimum Gasteiger partial charge on any atom is -0.480 e. The number of furan rings is 1. The average Bonchev–Trinajstić information content (AvgIpc) is 2.62. The molecule has 1 unspecified atom stereocenters. The molecule has 2 amide bonds. The number of nitrogens with two attached hydrogens (primary N) is 1. The Morgan fingerprint density at radius 1 is 1.53 bits per heavy atom. The summed E-state index contributed by atoms with van der Waals surface area (Å²) in [7, 11) is 0. The average molecular weight is 240 g/mol. The van der Waals surface area contributed by atoms with E-state index in [1.165, 1.54) is 6.26 Å². The Morgan fingerprint density at radius 3 is 2.59 bits per heavy atom. The number of nitrogens with one attached hydrogen (secondary N) is 1. The smallest absolute Gasteiger partial charge is 0.326 e. The molecule has 17 heavy (non-hydrogen) atoms. The van der Waals surface area contributed by atoms with E-state index in [2.05, 4.69) is 5.32 Å². The summed E-state index contributed by atoms with van der Waals surface area (Å²) in [5.41, 5.74) is 5.45. The van der Waals surface area contributed by atoms with Crippen molar-refractivity contribution in [2.45, 2.75) is 19.4 Å². The summed E-state index contributed by atoms with van der Waals surface area (Å²) in [5, 5.41) is 10.9. The molecular formula is C10H12N2O5. The lowest BCUT2D eigenvalue weighted by atomic mass is 10.2. The molecule has 92 valence electrons. The fourth-order valence-corrected chi connectivity index (χ4v) is 1.23. The topological polar surface area (TPSA) is 123 Å². The summed E-state index contributed by atoms with van der Waals surface area (Å²) < 4.78 is 4.89. The number of rotatable bonds is 5. The highest BCUT2D eigenvalue weighted by atomic mass is 16.4. The number of amides is 2. The Bertz CT molecular complexity index is 451. The molecule has 1 rings (SSSR count). The van der Waals surface area contributed by atoms with Crippen LogP contribution in [0.4, 0.5) is 0 Å². The predicted molar refractivity (Wildman–Crippen MR) is 56.1 cm³/mol. The van der Waals surface area contributed by atoms with Crippen LogP contribution in [0.3, 0.4) is 0 Å². The summed E-state index contributed by atoms with van der Waals surface area (Å²) in [6.07, 6.45) is 0.842. The normalized spacial score (nSPS) is 11.8. The molecule has 1 aromatic heterocycles. The van der Waals surface area contributed by atoms with Gasteiger partial charge in [0.1, 0.15) is 6.04 Å². The van der Waals surface area contributed by atoms with E-state index >= 15 is 0 Å². The van der Waals surface area contributed by atoms with Crippen LogP contribution in [0.2, 0.25) is 0 Å². The zero-order valence-corrected chi connectivity index (χ0v) is 9.10. The van der Waals surface area contributed by atoms with Gasteiger partial charge in [0.2, 0.25) is 5.91 Å². The Labute approximate surface area is 96.6 Å². The molecule has 7 nitrogen and oxygen atoms in total. The first-order chi connectivity index (χ1) is 7.91. The van der Waals surface area contributed by atoms with Gasteiger partial charge in [0.15, 0.2) is 5.76 Å². The third-order valence-corrected chi connectivity index (χ3v) is 2.08. The van der Waals surface area contributed by atoms with Crippen molar-refractivity contribution in [1.29, 1.82) is 0 Å². The molecule has 0 saturated heterocycles. The van der Waals surface area contributed by atoms with Crippen LogP contribution in [0.1, 0.15) is 22.5 Å². The van der Waals surface area contributed by atoms with Crippen molar-refractivity contribution < 1.29 is 23.9 Å². The van der Waals surface area contributed by atoms with E-state index in [0.717, 1.165) is 0 Å². The molecule has 4 N–H and O–H groups in total. The zero-order valence-electron chi connectivity index (χ0n) is 9.10. The highest BCUT2D eigenvalue weighted by Gasteiger charge is 2.24. The molecule has 0 saturated carbocycles. The van der Waals surface area contributed by atoms with Crippen LogP contribution in [-0.4, -0.2) is 28.9 Å². The van der Waals surface area contributed by atoms with E-state index in [0.29, 0.717) is 5.56 Å². The summed E-state index contributed by atoms with van der Waals surface area (Å²) in [4.78, 5) is 33.0. The zero-order chi connectivity index (χ0) is 13.0. The maximum atomic E-state index is 11.6. The van der Waals surface area contributed by atoms with E-state index in [4.69, 9.17) is 15.3 Å². The largest absolute Gasteiger partial charge is 0.480 e.